The highest BCUT2D eigenvalue weighted by molar-refractivity contribution is 14.1. The van der Waals surface area contributed by atoms with Gasteiger partial charge in [-0.25, -0.2) is 0 Å². The van der Waals surface area contributed by atoms with Crippen LogP contribution in [0.3, 0.4) is 0 Å². The summed E-state index contributed by atoms with van der Waals surface area (Å²) in [5, 5.41) is 6.71. The van der Waals surface area contributed by atoms with Crippen LogP contribution in [0, 0.1) is 3.57 Å². The molecule has 1 amide bonds. The van der Waals surface area contributed by atoms with Gasteiger partial charge in [0.1, 0.15) is 5.76 Å². The quantitative estimate of drug-likeness (QED) is 0.332. The summed E-state index contributed by atoms with van der Waals surface area (Å²) in [7, 11) is 0. The van der Waals surface area contributed by atoms with Crippen LogP contribution in [0.4, 0.5) is 5.69 Å². The molecule has 1 aromatic heterocycles. The van der Waals surface area contributed by atoms with Crippen LogP contribution in [-0.2, 0) is 0 Å². The van der Waals surface area contributed by atoms with Crippen LogP contribution in [-0.4, -0.2) is 11.0 Å². The smallest absolute Gasteiger partial charge is 0.293 e. The SMILES string of the molecule is O=C(NC(=S)Nc1ccccc1I)c1ccc(-c2ccc(Cl)cc2Cl)o1. The lowest BCUT2D eigenvalue weighted by molar-refractivity contribution is 0.0951. The van der Waals surface area contributed by atoms with E-state index in [0.29, 0.717) is 21.4 Å². The molecule has 0 radical (unpaired) electrons. The molecule has 26 heavy (non-hydrogen) atoms. The molecule has 3 rings (SSSR count). The topological polar surface area (TPSA) is 54.3 Å². The van der Waals surface area contributed by atoms with Crippen molar-refractivity contribution >= 4 is 74.7 Å². The summed E-state index contributed by atoms with van der Waals surface area (Å²) >= 11 is 19.4. The van der Waals surface area contributed by atoms with Crippen LogP contribution >= 0.6 is 58.0 Å². The van der Waals surface area contributed by atoms with E-state index in [9.17, 15) is 4.79 Å². The summed E-state index contributed by atoms with van der Waals surface area (Å²) < 4.78 is 6.58. The number of furan rings is 1. The van der Waals surface area contributed by atoms with Gasteiger partial charge in [-0.2, -0.15) is 0 Å². The Morgan fingerprint density at radius 3 is 2.58 bits per heavy atom. The summed E-state index contributed by atoms with van der Waals surface area (Å²) in [6.45, 7) is 0. The van der Waals surface area contributed by atoms with Crippen molar-refractivity contribution in [1.82, 2.24) is 5.32 Å². The first-order valence-electron chi connectivity index (χ1n) is 7.36. The molecular weight excluding hydrogens is 506 g/mol. The molecule has 2 aromatic carbocycles. The van der Waals surface area contributed by atoms with Crippen molar-refractivity contribution in [1.29, 1.82) is 0 Å². The minimum atomic E-state index is -0.454. The standard InChI is InChI=1S/C18H11Cl2IN2O2S/c19-10-5-6-11(12(20)9-10)15-7-8-16(25-15)17(24)23-18(26)22-14-4-2-1-3-13(14)21/h1-9H,(H2,22,23,24,26). The lowest BCUT2D eigenvalue weighted by atomic mass is 10.2. The van der Waals surface area contributed by atoms with Gasteiger partial charge in [0, 0.05) is 14.2 Å². The van der Waals surface area contributed by atoms with Crippen molar-refractivity contribution < 1.29 is 9.21 Å². The van der Waals surface area contributed by atoms with Crippen molar-refractivity contribution in [3.8, 4) is 11.3 Å². The van der Waals surface area contributed by atoms with Crippen molar-refractivity contribution in [2.24, 2.45) is 0 Å². The normalized spacial score (nSPS) is 10.4. The van der Waals surface area contributed by atoms with Crippen LogP contribution in [0.25, 0.3) is 11.3 Å². The molecule has 0 spiro atoms. The molecule has 0 atom stereocenters. The summed E-state index contributed by atoms with van der Waals surface area (Å²) in [4.78, 5) is 12.3. The minimum Gasteiger partial charge on any atom is -0.451 e. The second kappa shape index (κ2) is 8.39. The predicted octanol–water partition coefficient (Wildman–Crippen LogP) is 5.98. The summed E-state index contributed by atoms with van der Waals surface area (Å²) in [5.41, 5.74) is 1.46. The van der Waals surface area contributed by atoms with Gasteiger partial charge in [0.2, 0.25) is 0 Å². The maximum absolute atomic E-state index is 12.3. The maximum Gasteiger partial charge on any atom is 0.293 e. The fourth-order valence-electron chi connectivity index (χ4n) is 2.17. The molecule has 0 fully saturated rings. The van der Waals surface area contributed by atoms with Gasteiger partial charge >= 0.3 is 0 Å². The Morgan fingerprint density at radius 1 is 1.08 bits per heavy atom. The lowest BCUT2D eigenvalue weighted by Crippen LogP contribution is -2.34. The highest BCUT2D eigenvalue weighted by Gasteiger charge is 2.15. The Hall–Kier alpha value is -1.61. The molecule has 1 heterocycles. The Labute approximate surface area is 179 Å². The maximum atomic E-state index is 12.3. The van der Waals surface area contributed by atoms with E-state index in [1.807, 2.05) is 24.3 Å². The number of para-hydroxylation sites is 1. The van der Waals surface area contributed by atoms with E-state index < -0.39 is 5.91 Å². The predicted molar refractivity (Wildman–Crippen MR) is 117 cm³/mol. The molecular formula is C18H11Cl2IN2O2S. The zero-order valence-corrected chi connectivity index (χ0v) is 17.5. The molecule has 8 heteroatoms. The molecule has 0 saturated carbocycles. The van der Waals surface area contributed by atoms with Crippen LogP contribution < -0.4 is 10.6 Å². The number of carbonyl (C=O) groups is 1. The largest absolute Gasteiger partial charge is 0.451 e. The van der Waals surface area contributed by atoms with E-state index in [-0.39, 0.29) is 10.9 Å². The average Bonchev–Trinajstić information content (AvgIpc) is 3.07. The Bertz CT molecular complexity index is 991. The third-order valence-electron chi connectivity index (χ3n) is 3.38. The van der Waals surface area contributed by atoms with Gasteiger partial charge in [-0.05, 0) is 77.3 Å². The van der Waals surface area contributed by atoms with Gasteiger partial charge in [0.15, 0.2) is 10.9 Å². The van der Waals surface area contributed by atoms with E-state index in [1.54, 1.807) is 30.3 Å². The molecule has 0 aliphatic carbocycles. The molecule has 4 nitrogen and oxygen atoms in total. The van der Waals surface area contributed by atoms with Crippen LogP contribution in [0.5, 0.6) is 0 Å². The van der Waals surface area contributed by atoms with E-state index in [1.165, 1.54) is 0 Å². The molecule has 0 aliphatic rings. The van der Waals surface area contributed by atoms with Gasteiger partial charge in [-0.1, -0.05) is 35.3 Å². The van der Waals surface area contributed by atoms with E-state index >= 15 is 0 Å². The molecule has 0 saturated heterocycles. The number of halogens is 3. The molecule has 3 aromatic rings. The monoisotopic (exact) mass is 516 g/mol. The second-order valence-electron chi connectivity index (χ2n) is 5.18. The molecule has 132 valence electrons. The van der Waals surface area contributed by atoms with E-state index in [0.717, 1.165) is 9.26 Å². The number of thiocarbonyl (C=S) groups is 1. The number of hydrogen-bond donors (Lipinski definition) is 2. The van der Waals surface area contributed by atoms with Gasteiger partial charge < -0.3 is 9.73 Å². The third kappa shape index (κ3) is 4.56. The second-order valence-corrected chi connectivity index (χ2v) is 7.59. The summed E-state index contributed by atoms with van der Waals surface area (Å²) in [6.07, 6.45) is 0. The fourth-order valence-corrected chi connectivity index (χ4v) is 3.40. The zero-order valence-electron chi connectivity index (χ0n) is 13.1. The van der Waals surface area contributed by atoms with Gasteiger partial charge in [0.05, 0.1) is 10.7 Å². The van der Waals surface area contributed by atoms with Crippen LogP contribution in [0.1, 0.15) is 10.6 Å². The number of carbonyl (C=O) groups excluding carboxylic acids is 1. The highest BCUT2D eigenvalue weighted by Crippen LogP contribution is 2.31. The number of benzene rings is 2. The number of amides is 1. The highest BCUT2D eigenvalue weighted by atomic mass is 127. The Morgan fingerprint density at radius 2 is 1.85 bits per heavy atom. The molecule has 2 N–H and O–H groups in total. The number of nitrogens with one attached hydrogen (secondary N) is 2. The number of hydrogen-bond acceptors (Lipinski definition) is 3. The third-order valence-corrected chi connectivity index (χ3v) is 5.07. The van der Waals surface area contributed by atoms with Crippen molar-refractivity contribution in [2.45, 2.75) is 0 Å². The van der Waals surface area contributed by atoms with Crippen LogP contribution in [0.2, 0.25) is 10.0 Å². The Balaban J connectivity index is 1.70. The van der Waals surface area contributed by atoms with Crippen molar-refractivity contribution in [3.05, 3.63) is 74.0 Å². The first kappa shape index (κ1) is 19.2. The molecule has 0 aliphatic heterocycles. The van der Waals surface area contributed by atoms with E-state index in [2.05, 4.69) is 33.2 Å². The molecule has 0 unspecified atom stereocenters. The van der Waals surface area contributed by atoms with Gasteiger partial charge in [-0.15, -0.1) is 0 Å². The van der Waals surface area contributed by atoms with Crippen molar-refractivity contribution in [2.75, 3.05) is 5.32 Å². The van der Waals surface area contributed by atoms with Crippen LogP contribution in [0.15, 0.2) is 59.0 Å². The number of anilines is 1. The van der Waals surface area contributed by atoms with Crippen molar-refractivity contribution in [3.63, 3.8) is 0 Å². The average molecular weight is 517 g/mol. The lowest BCUT2D eigenvalue weighted by Gasteiger charge is -2.10. The number of rotatable bonds is 3. The molecule has 0 bridgehead atoms. The fraction of sp³-hybridized carbons (Fsp3) is 0. The summed E-state index contributed by atoms with van der Waals surface area (Å²) in [6, 6.07) is 15.9. The van der Waals surface area contributed by atoms with Gasteiger partial charge in [0.25, 0.3) is 5.91 Å². The zero-order chi connectivity index (χ0) is 18.7. The Kier molecular flexibility index (Phi) is 6.18. The van der Waals surface area contributed by atoms with Gasteiger partial charge in [-0.3, -0.25) is 10.1 Å². The first-order chi connectivity index (χ1) is 12.4. The van der Waals surface area contributed by atoms with E-state index in [4.69, 9.17) is 39.8 Å². The minimum absolute atomic E-state index is 0.123. The summed E-state index contributed by atoms with van der Waals surface area (Å²) in [5.74, 6) is 0.135. The first-order valence-corrected chi connectivity index (χ1v) is 9.60.